The van der Waals surface area contributed by atoms with Crippen molar-refractivity contribution in [1.29, 1.82) is 0 Å². The molecule has 2 unspecified atom stereocenters. The van der Waals surface area contributed by atoms with Gasteiger partial charge in [-0.2, -0.15) is 0 Å². The van der Waals surface area contributed by atoms with Gasteiger partial charge in [0.25, 0.3) is 5.56 Å². The Balaban J connectivity index is 1.48. The largest absolute Gasteiger partial charge is 0.851 e. The molecule has 2 atom stereocenters. The first kappa shape index (κ1) is 23.7. The van der Waals surface area contributed by atoms with E-state index < -0.39 is 29.5 Å². The smallest absolute Gasteiger partial charge is 0.274 e. The highest BCUT2D eigenvalue weighted by Gasteiger charge is 2.43. The monoisotopic (exact) mass is 493 g/mol. The molecule has 1 saturated carbocycles. The summed E-state index contributed by atoms with van der Waals surface area (Å²) in [6.45, 7) is 5.85. The molecular weight excluding hydrogens is 466 g/mol. The van der Waals surface area contributed by atoms with Gasteiger partial charge in [0.15, 0.2) is 0 Å². The molecule has 2 heterocycles. The van der Waals surface area contributed by atoms with Gasteiger partial charge in [0, 0.05) is 40.1 Å². The van der Waals surface area contributed by atoms with E-state index in [0.717, 1.165) is 16.9 Å². The number of benzene rings is 2. The van der Waals surface area contributed by atoms with Crippen molar-refractivity contribution in [1.82, 2.24) is 9.78 Å². The third kappa shape index (κ3) is 3.44. The number of rotatable bonds is 4. The van der Waals surface area contributed by atoms with Gasteiger partial charge in [-0.1, -0.05) is 43.7 Å². The van der Waals surface area contributed by atoms with Crippen molar-refractivity contribution in [3.63, 3.8) is 0 Å². The zero-order chi connectivity index (χ0) is 25.2. The van der Waals surface area contributed by atoms with Gasteiger partial charge >= 0.3 is 0 Å². The SMILES string of the molecule is COc1ccccc1-n1[nH]c(C)c(C2C([O-])C(C=C3N(C)c4ccc(Cl)cc4C3(C)C)C2[O-])c1=O. The number of hydrogen-bond donors (Lipinski definition) is 1. The Morgan fingerprint density at radius 2 is 1.80 bits per heavy atom. The van der Waals surface area contributed by atoms with Crippen LogP contribution in [0.15, 0.2) is 59.0 Å². The van der Waals surface area contributed by atoms with Crippen molar-refractivity contribution in [3.8, 4) is 11.4 Å². The lowest BCUT2D eigenvalue weighted by molar-refractivity contribution is -0.543. The van der Waals surface area contributed by atoms with Gasteiger partial charge in [0.1, 0.15) is 11.4 Å². The molecule has 0 saturated heterocycles. The number of aromatic nitrogens is 2. The Labute approximate surface area is 209 Å². The fourth-order valence-corrected chi connectivity index (χ4v) is 5.82. The summed E-state index contributed by atoms with van der Waals surface area (Å²) in [5, 5.41) is 30.5. The second-order valence-corrected chi connectivity index (χ2v) is 10.3. The molecule has 35 heavy (non-hydrogen) atoms. The third-order valence-electron chi connectivity index (χ3n) is 7.59. The van der Waals surface area contributed by atoms with Crippen LogP contribution in [0.1, 0.15) is 36.6 Å². The van der Waals surface area contributed by atoms with Crippen LogP contribution in [0.25, 0.3) is 5.69 Å². The molecular formula is C27H28ClN3O4-2. The molecule has 3 aromatic rings. The summed E-state index contributed by atoms with van der Waals surface area (Å²) in [6, 6.07) is 12.8. The van der Waals surface area contributed by atoms with Gasteiger partial charge in [-0.3, -0.25) is 9.89 Å². The highest BCUT2D eigenvalue weighted by Crippen LogP contribution is 2.50. The maximum absolute atomic E-state index is 13.4. The van der Waals surface area contributed by atoms with Crippen molar-refractivity contribution in [2.45, 2.75) is 44.3 Å². The van der Waals surface area contributed by atoms with Crippen LogP contribution in [-0.4, -0.2) is 36.1 Å². The van der Waals surface area contributed by atoms with Gasteiger partial charge in [-0.15, -0.1) is 12.2 Å². The maximum Gasteiger partial charge on any atom is 0.274 e. The summed E-state index contributed by atoms with van der Waals surface area (Å²) in [5.74, 6) is -1.12. The van der Waals surface area contributed by atoms with E-state index in [1.807, 2.05) is 42.3 Å². The van der Waals surface area contributed by atoms with E-state index in [-0.39, 0.29) is 11.1 Å². The number of nitrogens with zero attached hydrogens (tertiary/aromatic N) is 2. The number of para-hydroxylation sites is 2. The van der Waals surface area contributed by atoms with E-state index in [4.69, 9.17) is 16.3 Å². The Morgan fingerprint density at radius 3 is 2.49 bits per heavy atom. The van der Waals surface area contributed by atoms with Crippen molar-refractivity contribution in [3.05, 3.63) is 86.4 Å². The molecule has 0 amide bonds. The summed E-state index contributed by atoms with van der Waals surface area (Å²) < 4.78 is 6.73. The van der Waals surface area contributed by atoms with E-state index >= 15 is 0 Å². The van der Waals surface area contributed by atoms with Crippen LogP contribution >= 0.6 is 11.6 Å². The molecule has 1 aliphatic heterocycles. The number of H-pyrrole nitrogens is 1. The van der Waals surface area contributed by atoms with E-state index in [2.05, 4.69) is 18.9 Å². The van der Waals surface area contributed by atoms with Crippen molar-refractivity contribution in [2.24, 2.45) is 5.92 Å². The Morgan fingerprint density at radius 1 is 1.11 bits per heavy atom. The molecule has 2 aliphatic rings. The van der Waals surface area contributed by atoms with Crippen LogP contribution in [0, 0.1) is 12.8 Å². The quantitative estimate of drug-likeness (QED) is 0.602. The number of anilines is 1. The molecule has 0 radical (unpaired) electrons. The number of fused-ring (bicyclic) bond motifs is 1. The molecule has 1 N–H and O–H groups in total. The van der Waals surface area contributed by atoms with Crippen LogP contribution < -0.4 is 25.4 Å². The van der Waals surface area contributed by atoms with E-state index in [1.54, 1.807) is 25.1 Å². The zero-order valence-electron chi connectivity index (χ0n) is 20.3. The van der Waals surface area contributed by atoms with Crippen LogP contribution in [0.5, 0.6) is 5.75 Å². The zero-order valence-corrected chi connectivity index (χ0v) is 21.1. The second-order valence-electron chi connectivity index (χ2n) is 9.89. The average Bonchev–Trinajstić information content (AvgIpc) is 3.21. The number of aryl methyl sites for hydroxylation is 1. The predicted molar refractivity (Wildman–Crippen MR) is 132 cm³/mol. The lowest BCUT2D eigenvalue weighted by atomic mass is 9.65. The number of halogens is 1. The first-order valence-electron chi connectivity index (χ1n) is 11.6. The number of nitrogens with one attached hydrogen (secondary N) is 1. The Hall–Kier alpha value is -3.00. The minimum Gasteiger partial charge on any atom is -0.851 e. The first-order chi connectivity index (χ1) is 16.6. The average molecular weight is 494 g/mol. The molecule has 0 spiro atoms. The van der Waals surface area contributed by atoms with E-state index in [0.29, 0.717) is 22.2 Å². The Bertz CT molecular complexity index is 1380. The van der Waals surface area contributed by atoms with Crippen LogP contribution in [-0.2, 0) is 5.41 Å². The number of likely N-dealkylation sites (N-methyl/N-ethyl adjacent to an activating group) is 1. The summed E-state index contributed by atoms with van der Waals surface area (Å²) >= 11 is 6.24. The molecule has 2 aromatic carbocycles. The van der Waals surface area contributed by atoms with Crippen LogP contribution in [0.2, 0.25) is 5.02 Å². The molecule has 1 fully saturated rings. The molecule has 1 aliphatic carbocycles. The number of allylic oxidation sites excluding steroid dienone is 1. The first-order valence-corrected chi connectivity index (χ1v) is 12.0. The highest BCUT2D eigenvalue weighted by atomic mass is 35.5. The van der Waals surface area contributed by atoms with E-state index in [1.165, 1.54) is 11.8 Å². The molecule has 0 bridgehead atoms. The van der Waals surface area contributed by atoms with Crippen molar-refractivity contribution >= 4 is 17.3 Å². The highest BCUT2D eigenvalue weighted by molar-refractivity contribution is 6.30. The standard InChI is InChI=1S/C27H28ClN3O4/c1-14-22(26(34)31(29-14)19-8-6-7-9-20(19)35-5)23-24(32)16(25(23)33)13-21-27(2,3)17-12-15(28)10-11-18(17)30(21)4/h6-13,16,23-25,29H,1-5H3/q-2. The number of ether oxygens (including phenoxy) is 1. The molecule has 7 nitrogen and oxygen atoms in total. The molecule has 184 valence electrons. The summed E-state index contributed by atoms with van der Waals surface area (Å²) in [6.07, 6.45) is -0.606. The van der Waals surface area contributed by atoms with E-state index in [9.17, 15) is 15.0 Å². The van der Waals surface area contributed by atoms with Crippen LogP contribution in [0.3, 0.4) is 0 Å². The van der Waals surface area contributed by atoms with Gasteiger partial charge in [-0.25, -0.2) is 4.68 Å². The maximum atomic E-state index is 13.4. The third-order valence-corrected chi connectivity index (χ3v) is 7.82. The van der Waals surface area contributed by atoms with Crippen LogP contribution in [0.4, 0.5) is 5.69 Å². The van der Waals surface area contributed by atoms with Crippen molar-refractivity contribution < 1.29 is 14.9 Å². The normalized spacial score (nSPS) is 26.1. The molecule has 8 heteroatoms. The van der Waals surface area contributed by atoms with Gasteiger partial charge in [0.2, 0.25) is 0 Å². The molecule has 5 rings (SSSR count). The number of aromatic amines is 1. The van der Waals surface area contributed by atoms with Gasteiger partial charge in [0.05, 0.1) is 7.11 Å². The number of methoxy groups -OCH3 is 1. The minimum absolute atomic E-state index is 0.264. The summed E-state index contributed by atoms with van der Waals surface area (Å²) in [7, 11) is 3.46. The lowest BCUT2D eigenvalue weighted by Crippen LogP contribution is -2.65. The molecule has 1 aromatic heterocycles. The van der Waals surface area contributed by atoms with Crippen molar-refractivity contribution in [2.75, 3.05) is 19.1 Å². The summed E-state index contributed by atoms with van der Waals surface area (Å²) in [4.78, 5) is 15.4. The fourth-order valence-electron chi connectivity index (χ4n) is 5.65. The van der Waals surface area contributed by atoms with Gasteiger partial charge in [-0.05, 0) is 54.7 Å². The van der Waals surface area contributed by atoms with Gasteiger partial charge < -0.3 is 19.8 Å². The minimum atomic E-state index is -1.21. The Kier molecular flexibility index (Phi) is 5.62. The lowest BCUT2D eigenvalue weighted by Gasteiger charge is -2.60. The topological polar surface area (TPSA) is 96.4 Å². The fraction of sp³-hybridized carbons (Fsp3) is 0.370. The number of hydrogen-bond acceptors (Lipinski definition) is 5. The predicted octanol–water partition coefficient (Wildman–Crippen LogP) is 2.62. The second kappa shape index (κ2) is 8.29. The summed E-state index contributed by atoms with van der Waals surface area (Å²) in [5.41, 5.74) is 3.50.